The molecule has 0 N–H and O–H groups in total. The van der Waals surface area contributed by atoms with Crippen molar-refractivity contribution in [3.8, 4) is 0 Å². The number of rotatable bonds is 2. The van der Waals surface area contributed by atoms with Gasteiger partial charge in [-0.15, -0.1) is 0 Å². The molecule has 0 aromatic rings. The van der Waals surface area contributed by atoms with E-state index in [1.165, 1.54) is 6.42 Å². The van der Waals surface area contributed by atoms with Gasteiger partial charge in [0.1, 0.15) is 0 Å². The van der Waals surface area contributed by atoms with Crippen LogP contribution in [0.5, 0.6) is 0 Å². The van der Waals surface area contributed by atoms with Crippen molar-refractivity contribution in [3.63, 3.8) is 0 Å². The van der Waals surface area contributed by atoms with Crippen molar-refractivity contribution >= 4 is 21.8 Å². The van der Waals surface area contributed by atoms with Crippen LogP contribution in [0.3, 0.4) is 0 Å². The molecule has 3 rings (SSSR count). The van der Waals surface area contributed by atoms with Gasteiger partial charge in [0.05, 0.1) is 12.7 Å². The standard InChI is InChI=1S/C12H18BrNO2/c13-6-11-7-14(1-2-16-11)12(15)10-4-8-3-9(8)5-10/h8-11H,1-7H2. The molecule has 1 saturated heterocycles. The fourth-order valence-electron chi connectivity index (χ4n) is 3.19. The molecular weight excluding hydrogens is 270 g/mol. The van der Waals surface area contributed by atoms with Gasteiger partial charge in [0.25, 0.3) is 0 Å². The van der Waals surface area contributed by atoms with Gasteiger partial charge in [-0.3, -0.25) is 4.79 Å². The summed E-state index contributed by atoms with van der Waals surface area (Å²) in [6.45, 7) is 2.26. The number of fused-ring (bicyclic) bond motifs is 1. The lowest BCUT2D eigenvalue weighted by Crippen LogP contribution is -2.48. The summed E-state index contributed by atoms with van der Waals surface area (Å²) in [5.41, 5.74) is 0. The van der Waals surface area contributed by atoms with Crippen molar-refractivity contribution in [1.29, 1.82) is 0 Å². The third-order valence-electron chi connectivity index (χ3n) is 4.22. The molecule has 0 aromatic carbocycles. The highest BCUT2D eigenvalue weighted by Gasteiger charge is 2.49. The zero-order valence-corrected chi connectivity index (χ0v) is 11.0. The first kappa shape index (κ1) is 11.0. The Morgan fingerprint density at radius 2 is 2.06 bits per heavy atom. The molecule has 1 heterocycles. The van der Waals surface area contributed by atoms with Crippen LogP contribution >= 0.6 is 15.9 Å². The van der Waals surface area contributed by atoms with E-state index in [-0.39, 0.29) is 6.10 Å². The molecule has 0 bridgehead atoms. The highest BCUT2D eigenvalue weighted by molar-refractivity contribution is 9.09. The van der Waals surface area contributed by atoms with E-state index in [4.69, 9.17) is 4.74 Å². The number of hydrogen-bond donors (Lipinski definition) is 0. The second-order valence-corrected chi connectivity index (χ2v) is 6.00. The minimum atomic E-state index is 0.189. The Morgan fingerprint density at radius 1 is 1.31 bits per heavy atom. The molecular formula is C12H18BrNO2. The van der Waals surface area contributed by atoms with Gasteiger partial charge >= 0.3 is 0 Å². The van der Waals surface area contributed by atoms with E-state index >= 15 is 0 Å². The number of carbonyl (C=O) groups excluding carboxylic acids is 1. The predicted molar refractivity (Wildman–Crippen MR) is 64.4 cm³/mol. The molecule has 3 fully saturated rings. The molecule has 90 valence electrons. The zero-order valence-electron chi connectivity index (χ0n) is 9.40. The first-order valence-corrected chi connectivity index (χ1v) is 7.36. The molecule has 2 aliphatic carbocycles. The molecule has 0 aromatic heterocycles. The van der Waals surface area contributed by atoms with Crippen molar-refractivity contribution in [1.82, 2.24) is 4.90 Å². The molecule has 1 aliphatic heterocycles. The highest BCUT2D eigenvalue weighted by Crippen LogP contribution is 2.54. The van der Waals surface area contributed by atoms with E-state index in [9.17, 15) is 4.79 Å². The van der Waals surface area contributed by atoms with Crippen LogP contribution in [0.15, 0.2) is 0 Å². The van der Waals surface area contributed by atoms with Gasteiger partial charge in [-0.25, -0.2) is 0 Å². The van der Waals surface area contributed by atoms with Crippen molar-refractivity contribution in [2.45, 2.75) is 25.4 Å². The Balaban J connectivity index is 1.57. The maximum absolute atomic E-state index is 12.3. The predicted octanol–water partition coefficient (Wildman–Crippen LogP) is 1.65. The van der Waals surface area contributed by atoms with Gasteiger partial charge in [0.15, 0.2) is 0 Å². The van der Waals surface area contributed by atoms with Crippen LogP contribution in [0.4, 0.5) is 0 Å². The van der Waals surface area contributed by atoms with Gasteiger partial charge in [-0.1, -0.05) is 15.9 Å². The fraction of sp³-hybridized carbons (Fsp3) is 0.917. The lowest BCUT2D eigenvalue weighted by molar-refractivity contribution is -0.142. The smallest absolute Gasteiger partial charge is 0.225 e. The molecule has 0 radical (unpaired) electrons. The van der Waals surface area contributed by atoms with Crippen LogP contribution < -0.4 is 0 Å². The van der Waals surface area contributed by atoms with Crippen molar-refractivity contribution in [2.24, 2.45) is 17.8 Å². The Labute approximate surface area is 105 Å². The lowest BCUT2D eigenvalue weighted by Gasteiger charge is -2.34. The average molecular weight is 288 g/mol. The fourth-order valence-corrected chi connectivity index (χ4v) is 3.58. The molecule has 16 heavy (non-hydrogen) atoms. The van der Waals surface area contributed by atoms with E-state index in [1.54, 1.807) is 0 Å². The first-order valence-electron chi connectivity index (χ1n) is 6.24. The maximum atomic E-state index is 12.3. The summed E-state index contributed by atoms with van der Waals surface area (Å²) in [5, 5.41) is 0.826. The van der Waals surface area contributed by atoms with Crippen molar-refractivity contribution in [3.05, 3.63) is 0 Å². The summed E-state index contributed by atoms with van der Waals surface area (Å²) in [6.07, 6.45) is 3.88. The van der Waals surface area contributed by atoms with Gasteiger partial charge < -0.3 is 9.64 Å². The Bertz CT molecular complexity index is 287. The summed E-state index contributed by atoms with van der Waals surface area (Å²) >= 11 is 3.42. The largest absolute Gasteiger partial charge is 0.374 e. The average Bonchev–Trinajstić information content (AvgIpc) is 2.95. The number of ether oxygens (including phenoxy) is 1. The minimum absolute atomic E-state index is 0.189. The Morgan fingerprint density at radius 3 is 2.75 bits per heavy atom. The zero-order chi connectivity index (χ0) is 11.1. The topological polar surface area (TPSA) is 29.5 Å². The third-order valence-corrected chi connectivity index (χ3v) is 4.94. The van der Waals surface area contributed by atoms with Crippen LogP contribution in [0, 0.1) is 17.8 Å². The molecule has 3 nitrogen and oxygen atoms in total. The normalized spacial score (nSPS) is 41.9. The molecule has 1 amide bonds. The minimum Gasteiger partial charge on any atom is -0.374 e. The van der Waals surface area contributed by atoms with E-state index in [0.29, 0.717) is 18.4 Å². The molecule has 3 unspecified atom stereocenters. The second-order valence-electron chi connectivity index (χ2n) is 5.36. The molecule has 3 aliphatic rings. The lowest BCUT2D eigenvalue weighted by atomic mass is 10.0. The summed E-state index contributed by atoms with van der Waals surface area (Å²) < 4.78 is 5.56. The number of carbonyl (C=O) groups is 1. The molecule has 4 heteroatoms. The van der Waals surface area contributed by atoms with Crippen molar-refractivity contribution in [2.75, 3.05) is 25.0 Å². The van der Waals surface area contributed by atoms with Crippen molar-refractivity contribution < 1.29 is 9.53 Å². The molecule has 2 saturated carbocycles. The van der Waals surface area contributed by atoms with E-state index in [0.717, 1.165) is 43.1 Å². The van der Waals surface area contributed by atoms with Crippen LogP contribution in [0.2, 0.25) is 0 Å². The monoisotopic (exact) mass is 287 g/mol. The van der Waals surface area contributed by atoms with Crippen LogP contribution in [0.25, 0.3) is 0 Å². The second kappa shape index (κ2) is 4.30. The van der Waals surface area contributed by atoms with Gasteiger partial charge in [-0.2, -0.15) is 0 Å². The SMILES string of the molecule is O=C(C1CC2CC2C1)N1CCOC(CBr)C1. The Hall–Kier alpha value is -0.0900. The molecule has 0 spiro atoms. The quantitative estimate of drug-likeness (QED) is 0.723. The summed E-state index contributed by atoms with van der Waals surface area (Å²) in [5.74, 6) is 2.50. The van der Waals surface area contributed by atoms with Gasteiger partial charge in [0, 0.05) is 24.3 Å². The van der Waals surface area contributed by atoms with Gasteiger partial charge in [-0.05, 0) is 31.1 Å². The number of hydrogen-bond acceptors (Lipinski definition) is 2. The highest BCUT2D eigenvalue weighted by atomic mass is 79.9. The summed E-state index contributed by atoms with van der Waals surface area (Å²) in [7, 11) is 0. The summed E-state index contributed by atoms with van der Waals surface area (Å²) in [4.78, 5) is 14.3. The van der Waals surface area contributed by atoms with Gasteiger partial charge in [0.2, 0.25) is 5.91 Å². The third kappa shape index (κ3) is 2.02. The molecule has 3 atom stereocenters. The number of nitrogens with zero attached hydrogens (tertiary/aromatic N) is 1. The van der Waals surface area contributed by atoms with E-state index in [1.807, 2.05) is 4.90 Å². The number of halogens is 1. The summed E-state index contributed by atoms with van der Waals surface area (Å²) in [6, 6.07) is 0. The van der Waals surface area contributed by atoms with E-state index < -0.39 is 0 Å². The van der Waals surface area contributed by atoms with Crippen LogP contribution in [-0.2, 0) is 9.53 Å². The maximum Gasteiger partial charge on any atom is 0.225 e. The van der Waals surface area contributed by atoms with E-state index in [2.05, 4.69) is 15.9 Å². The first-order chi connectivity index (χ1) is 7.78. The number of alkyl halides is 1. The number of amides is 1. The van der Waals surface area contributed by atoms with Crippen LogP contribution in [0.1, 0.15) is 19.3 Å². The Kier molecular flexibility index (Phi) is 2.96. The number of morpholine rings is 1. The van der Waals surface area contributed by atoms with Crippen LogP contribution in [-0.4, -0.2) is 41.9 Å².